The minimum Gasteiger partial charge on any atom is -0.270 e. The lowest BCUT2D eigenvalue weighted by atomic mass is 10.2. The van der Waals surface area contributed by atoms with Gasteiger partial charge < -0.3 is 0 Å². The van der Waals surface area contributed by atoms with Gasteiger partial charge in [-0.2, -0.15) is 0 Å². The molecule has 6 nitrogen and oxygen atoms in total. The predicted octanol–water partition coefficient (Wildman–Crippen LogP) is 2.67. The molecule has 2 aromatic rings. The Morgan fingerprint density at radius 1 is 1.05 bits per heavy atom. The predicted molar refractivity (Wildman–Crippen MR) is 70.3 cm³/mol. The Bertz CT molecular complexity index is 794. The SMILES string of the molecule is O=[N+]([O-])c1ccc(F)c(F)c1NS(=O)(=O)c1ccccc1. The van der Waals surface area contributed by atoms with Crippen LogP contribution in [-0.2, 0) is 10.0 Å². The van der Waals surface area contributed by atoms with Crippen LogP contribution in [0, 0.1) is 21.7 Å². The lowest BCUT2D eigenvalue weighted by Gasteiger charge is -2.09. The van der Waals surface area contributed by atoms with Gasteiger partial charge in [-0.05, 0) is 18.2 Å². The van der Waals surface area contributed by atoms with Crippen LogP contribution < -0.4 is 4.72 Å². The molecule has 0 aliphatic carbocycles. The summed E-state index contributed by atoms with van der Waals surface area (Å²) in [6.45, 7) is 0. The maximum absolute atomic E-state index is 13.7. The van der Waals surface area contributed by atoms with Gasteiger partial charge in [0.15, 0.2) is 17.3 Å². The maximum Gasteiger partial charge on any atom is 0.296 e. The number of hydrogen-bond acceptors (Lipinski definition) is 4. The fourth-order valence-corrected chi connectivity index (χ4v) is 2.68. The van der Waals surface area contributed by atoms with Crippen molar-refractivity contribution in [3.63, 3.8) is 0 Å². The van der Waals surface area contributed by atoms with E-state index in [0.717, 1.165) is 0 Å². The Morgan fingerprint density at radius 2 is 1.67 bits per heavy atom. The number of benzene rings is 2. The minimum atomic E-state index is -4.27. The van der Waals surface area contributed by atoms with E-state index in [0.29, 0.717) is 12.1 Å². The van der Waals surface area contributed by atoms with Crippen molar-refractivity contribution in [3.05, 3.63) is 64.2 Å². The van der Waals surface area contributed by atoms with Crippen LogP contribution in [0.2, 0.25) is 0 Å². The highest BCUT2D eigenvalue weighted by molar-refractivity contribution is 7.92. The largest absolute Gasteiger partial charge is 0.296 e. The second-order valence-electron chi connectivity index (χ2n) is 3.93. The van der Waals surface area contributed by atoms with Crippen LogP contribution in [-0.4, -0.2) is 13.3 Å². The summed E-state index contributed by atoms with van der Waals surface area (Å²) in [5.41, 5.74) is -1.92. The minimum absolute atomic E-state index is 0.233. The smallest absolute Gasteiger partial charge is 0.270 e. The number of nitro benzene ring substituents is 1. The van der Waals surface area contributed by atoms with E-state index < -0.39 is 38.0 Å². The molecule has 0 atom stereocenters. The average Bonchev–Trinajstić information content (AvgIpc) is 2.44. The summed E-state index contributed by atoms with van der Waals surface area (Å²) < 4.78 is 52.6. The summed E-state index contributed by atoms with van der Waals surface area (Å²) in [7, 11) is -4.27. The van der Waals surface area contributed by atoms with E-state index in [-0.39, 0.29) is 4.90 Å². The maximum atomic E-state index is 13.7. The van der Waals surface area contributed by atoms with Gasteiger partial charge in [-0.25, -0.2) is 17.2 Å². The van der Waals surface area contributed by atoms with E-state index in [9.17, 15) is 27.3 Å². The molecule has 21 heavy (non-hydrogen) atoms. The van der Waals surface area contributed by atoms with Gasteiger partial charge >= 0.3 is 0 Å². The molecule has 0 fully saturated rings. The zero-order valence-electron chi connectivity index (χ0n) is 10.3. The van der Waals surface area contributed by atoms with Gasteiger partial charge in [0.2, 0.25) is 0 Å². The molecule has 0 aliphatic rings. The first-order valence-corrected chi connectivity index (χ1v) is 7.01. The van der Waals surface area contributed by atoms with Crippen molar-refractivity contribution < 1.29 is 22.1 Å². The third-order valence-electron chi connectivity index (χ3n) is 2.56. The van der Waals surface area contributed by atoms with Crippen LogP contribution in [0.25, 0.3) is 0 Å². The molecule has 0 saturated heterocycles. The Kier molecular flexibility index (Phi) is 3.85. The highest BCUT2D eigenvalue weighted by Gasteiger charge is 2.26. The second-order valence-corrected chi connectivity index (χ2v) is 5.61. The molecule has 2 aromatic carbocycles. The van der Waals surface area contributed by atoms with Gasteiger partial charge in [-0.1, -0.05) is 18.2 Å². The van der Waals surface area contributed by atoms with E-state index in [4.69, 9.17) is 0 Å². The molecule has 0 aliphatic heterocycles. The number of rotatable bonds is 4. The summed E-state index contributed by atoms with van der Waals surface area (Å²) in [5, 5.41) is 10.8. The van der Waals surface area contributed by atoms with Crippen LogP contribution in [0.5, 0.6) is 0 Å². The lowest BCUT2D eigenvalue weighted by molar-refractivity contribution is -0.384. The van der Waals surface area contributed by atoms with Crippen molar-refractivity contribution in [1.29, 1.82) is 0 Å². The first kappa shape index (κ1) is 14.9. The number of nitrogens with one attached hydrogen (secondary N) is 1. The Balaban J connectivity index is 2.54. The fourth-order valence-electron chi connectivity index (χ4n) is 1.58. The molecule has 2 rings (SSSR count). The molecule has 0 radical (unpaired) electrons. The molecule has 0 unspecified atom stereocenters. The molecule has 110 valence electrons. The zero-order chi connectivity index (χ0) is 15.6. The van der Waals surface area contributed by atoms with Crippen LogP contribution in [0.15, 0.2) is 47.4 Å². The fraction of sp³-hybridized carbons (Fsp3) is 0. The molecule has 9 heteroatoms. The summed E-state index contributed by atoms with van der Waals surface area (Å²) >= 11 is 0. The number of nitrogens with zero attached hydrogens (tertiary/aromatic N) is 1. The number of halogens is 2. The summed E-state index contributed by atoms with van der Waals surface area (Å²) in [6, 6.07) is 8.06. The number of hydrogen-bond donors (Lipinski definition) is 1. The Labute approximate surface area is 118 Å². The first-order chi connectivity index (χ1) is 9.83. The molecule has 0 spiro atoms. The van der Waals surface area contributed by atoms with Gasteiger partial charge in [0.05, 0.1) is 9.82 Å². The van der Waals surface area contributed by atoms with Gasteiger partial charge in [-0.3, -0.25) is 14.8 Å². The molecular formula is C12H8F2N2O4S. The monoisotopic (exact) mass is 314 g/mol. The van der Waals surface area contributed by atoms with Gasteiger partial charge in [-0.15, -0.1) is 0 Å². The highest BCUT2D eigenvalue weighted by Crippen LogP contribution is 2.31. The van der Waals surface area contributed by atoms with Gasteiger partial charge in [0, 0.05) is 6.07 Å². The van der Waals surface area contributed by atoms with E-state index in [1.165, 1.54) is 24.3 Å². The van der Waals surface area contributed by atoms with Crippen LogP contribution in [0.4, 0.5) is 20.2 Å². The normalized spacial score (nSPS) is 11.1. The van der Waals surface area contributed by atoms with Crippen LogP contribution in [0.3, 0.4) is 0 Å². The van der Waals surface area contributed by atoms with Crippen LogP contribution in [0.1, 0.15) is 0 Å². The molecule has 0 bridgehead atoms. The van der Waals surface area contributed by atoms with Gasteiger partial charge in [0.1, 0.15) is 0 Å². The quantitative estimate of drug-likeness (QED) is 0.694. The first-order valence-electron chi connectivity index (χ1n) is 5.53. The number of anilines is 1. The molecule has 0 saturated carbocycles. The highest BCUT2D eigenvalue weighted by atomic mass is 32.2. The third kappa shape index (κ3) is 2.97. The summed E-state index contributed by atoms with van der Waals surface area (Å²) in [5.74, 6) is -3.03. The van der Waals surface area contributed by atoms with E-state index >= 15 is 0 Å². The zero-order valence-corrected chi connectivity index (χ0v) is 11.1. The summed E-state index contributed by atoms with van der Waals surface area (Å²) in [6.07, 6.45) is 0. The second kappa shape index (κ2) is 5.44. The van der Waals surface area contributed by atoms with Gasteiger partial charge in [0.25, 0.3) is 15.7 Å². The molecule has 0 amide bonds. The third-order valence-corrected chi connectivity index (χ3v) is 3.93. The van der Waals surface area contributed by atoms with Crippen molar-refractivity contribution >= 4 is 21.4 Å². The number of nitro groups is 1. The lowest BCUT2D eigenvalue weighted by Crippen LogP contribution is -2.15. The van der Waals surface area contributed by atoms with E-state index in [1.807, 2.05) is 0 Å². The van der Waals surface area contributed by atoms with Crippen LogP contribution >= 0.6 is 0 Å². The van der Waals surface area contributed by atoms with Crippen molar-refractivity contribution in [2.24, 2.45) is 0 Å². The molecular weight excluding hydrogens is 306 g/mol. The topological polar surface area (TPSA) is 89.3 Å². The molecule has 1 N–H and O–H groups in total. The molecule has 0 aromatic heterocycles. The van der Waals surface area contributed by atoms with Crippen molar-refractivity contribution in [2.75, 3.05) is 4.72 Å². The number of sulfonamides is 1. The van der Waals surface area contributed by atoms with E-state index in [1.54, 1.807) is 10.8 Å². The Hall–Kier alpha value is -2.55. The van der Waals surface area contributed by atoms with Crippen molar-refractivity contribution in [2.45, 2.75) is 4.90 Å². The Morgan fingerprint density at radius 3 is 2.24 bits per heavy atom. The summed E-state index contributed by atoms with van der Waals surface area (Å²) in [4.78, 5) is 9.55. The molecule has 0 heterocycles. The average molecular weight is 314 g/mol. The van der Waals surface area contributed by atoms with Crippen molar-refractivity contribution in [1.82, 2.24) is 0 Å². The van der Waals surface area contributed by atoms with Crippen molar-refractivity contribution in [3.8, 4) is 0 Å². The standard InChI is InChI=1S/C12H8F2N2O4S/c13-9-6-7-10(16(17)18)12(11(9)14)15-21(19,20)8-4-2-1-3-5-8/h1-7,15H. The van der Waals surface area contributed by atoms with E-state index in [2.05, 4.69) is 0 Å².